The van der Waals surface area contributed by atoms with E-state index in [1.165, 1.54) is 6.92 Å². The maximum absolute atomic E-state index is 13.6. The maximum atomic E-state index is 13.6. The molecule has 0 heterocycles. The number of nitrogens with one attached hydrogen (secondary N) is 1. The van der Waals surface area contributed by atoms with Gasteiger partial charge in [-0.05, 0) is 50.6 Å². The van der Waals surface area contributed by atoms with Crippen molar-refractivity contribution in [3.63, 3.8) is 0 Å². The van der Waals surface area contributed by atoms with E-state index in [9.17, 15) is 22.0 Å². The molecule has 0 bridgehead atoms. The fraction of sp³-hybridized carbons (Fsp3) is 0.381. The van der Waals surface area contributed by atoms with E-state index >= 15 is 0 Å². The van der Waals surface area contributed by atoms with E-state index in [1.54, 1.807) is 18.2 Å². The van der Waals surface area contributed by atoms with Crippen molar-refractivity contribution < 1.29 is 31.5 Å². The molecule has 0 saturated carbocycles. The highest BCUT2D eigenvalue weighted by atomic mass is 32.2. The van der Waals surface area contributed by atoms with Crippen molar-refractivity contribution >= 4 is 21.6 Å². The first kappa shape index (κ1) is 24.4. The Morgan fingerprint density at radius 2 is 1.68 bits per heavy atom. The molecule has 1 unspecified atom stereocenters. The van der Waals surface area contributed by atoms with Crippen molar-refractivity contribution in [1.82, 2.24) is 5.32 Å². The molecule has 0 aromatic heterocycles. The molecule has 0 aliphatic carbocycles. The molecular formula is C21H26F2N2O5S. The second kappa shape index (κ2) is 10.4. The van der Waals surface area contributed by atoms with Crippen LogP contribution in [-0.2, 0) is 21.4 Å². The molecule has 2 rings (SSSR count). The highest BCUT2D eigenvalue weighted by Crippen LogP contribution is 2.28. The molecule has 0 spiro atoms. The smallest absolute Gasteiger partial charge is 0.243 e. The van der Waals surface area contributed by atoms with Gasteiger partial charge in [-0.25, -0.2) is 17.2 Å². The highest BCUT2D eigenvalue weighted by molar-refractivity contribution is 7.92. The predicted octanol–water partition coefficient (Wildman–Crippen LogP) is 3.23. The molecule has 7 nitrogen and oxygen atoms in total. The molecule has 10 heteroatoms. The summed E-state index contributed by atoms with van der Waals surface area (Å²) in [7, 11) is -3.95. The lowest BCUT2D eigenvalue weighted by Gasteiger charge is -2.28. The first-order valence-electron chi connectivity index (χ1n) is 9.69. The normalized spacial score (nSPS) is 12.2. The van der Waals surface area contributed by atoms with Crippen LogP contribution >= 0.6 is 0 Å². The van der Waals surface area contributed by atoms with Crippen LogP contribution in [0.5, 0.6) is 11.5 Å². The Morgan fingerprint density at radius 1 is 1.03 bits per heavy atom. The van der Waals surface area contributed by atoms with E-state index in [-0.39, 0.29) is 12.2 Å². The SMILES string of the molecule is CCOc1ccc(CNC(=O)C(C)N(c2ccc(F)c(F)c2)S(C)(=O)=O)cc1OCC. The topological polar surface area (TPSA) is 84.9 Å². The van der Waals surface area contributed by atoms with E-state index in [0.29, 0.717) is 30.3 Å². The third-order valence-corrected chi connectivity index (χ3v) is 5.56. The van der Waals surface area contributed by atoms with Crippen LogP contribution in [-0.4, -0.2) is 39.8 Å². The van der Waals surface area contributed by atoms with Gasteiger partial charge in [0.25, 0.3) is 0 Å². The van der Waals surface area contributed by atoms with E-state index in [4.69, 9.17) is 9.47 Å². The standard InChI is InChI=1S/C21H26F2N2O5S/c1-5-29-19-10-7-15(11-20(19)30-6-2)13-24-21(26)14(3)25(31(4,27)28)16-8-9-17(22)18(23)12-16/h7-12,14H,5-6,13H2,1-4H3,(H,24,26). The van der Waals surface area contributed by atoms with Crippen molar-refractivity contribution in [2.45, 2.75) is 33.4 Å². The summed E-state index contributed by atoms with van der Waals surface area (Å²) in [4.78, 5) is 12.7. The number of nitrogens with zero attached hydrogens (tertiary/aromatic N) is 1. The fourth-order valence-corrected chi connectivity index (χ4v) is 4.14. The molecule has 0 fully saturated rings. The Labute approximate surface area is 181 Å². The number of ether oxygens (including phenoxy) is 2. The molecule has 0 aliphatic heterocycles. The number of carbonyl (C=O) groups excluding carboxylic acids is 1. The second-order valence-corrected chi connectivity index (χ2v) is 8.56. The zero-order valence-corrected chi connectivity index (χ0v) is 18.6. The van der Waals surface area contributed by atoms with Crippen molar-refractivity contribution in [3.05, 3.63) is 53.6 Å². The van der Waals surface area contributed by atoms with Crippen molar-refractivity contribution in [1.29, 1.82) is 0 Å². The number of sulfonamides is 1. The Balaban J connectivity index is 2.19. The molecule has 31 heavy (non-hydrogen) atoms. The first-order valence-corrected chi connectivity index (χ1v) is 11.5. The van der Waals surface area contributed by atoms with E-state index in [2.05, 4.69) is 5.32 Å². The maximum Gasteiger partial charge on any atom is 0.243 e. The second-order valence-electron chi connectivity index (χ2n) is 6.70. The predicted molar refractivity (Wildman–Crippen MR) is 114 cm³/mol. The number of carbonyl (C=O) groups is 1. The summed E-state index contributed by atoms with van der Waals surface area (Å²) in [5.41, 5.74) is 0.565. The molecule has 2 aromatic carbocycles. The van der Waals surface area contributed by atoms with Gasteiger partial charge in [-0.1, -0.05) is 6.07 Å². The number of anilines is 1. The Kier molecular flexibility index (Phi) is 8.21. The van der Waals surface area contributed by atoms with Gasteiger partial charge >= 0.3 is 0 Å². The van der Waals surface area contributed by atoms with Gasteiger partial charge in [-0.2, -0.15) is 0 Å². The zero-order valence-electron chi connectivity index (χ0n) is 17.8. The van der Waals surface area contributed by atoms with Crippen LogP contribution in [0.1, 0.15) is 26.3 Å². The number of halogens is 2. The van der Waals surface area contributed by atoms with Gasteiger partial charge < -0.3 is 14.8 Å². The fourth-order valence-electron chi connectivity index (χ4n) is 2.97. The Hall–Kier alpha value is -2.88. The minimum absolute atomic E-state index is 0.102. The summed E-state index contributed by atoms with van der Waals surface area (Å²) < 4.78 is 63.2. The van der Waals surface area contributed by atoms with E-state index < -0.39 is 33.6 Å². The minimum atomic E-state index is -3.95. The zero-order chi connectivity index (χ0) is 23.2. The molecular weight excluding hydrogens is 430 g/mol. The Bertz CT molecular complexity index is 1030. The van der Waals surface area contributed by atoms with Crippen LogP contribution in [0.3, 0.4) is 0 Å². The molecule has 170 valence electrons. The number of benzene rings is 2. The number of rotatable bonds is 10. The average molecular weight is 457 g/mol. The third-order valence-electron chi connectivity index (χ3n) is 4.32. The van der Waals surface area contributed by atoms with Crippen LogP contribution in [0.2, 0.25) is 0 Å². The molecule has 1 atom stereocenters. The summed E-state index contributed by atoms with van der Waals surface area (Å²) >= 11 is 0. The van der Waals surface area contributed by atoms with Crippen LogP contribution in [0.25, 0.3) is 0 Å². The minimum Gasteiger partial charge on any atom is -0.490 e. The molecule has 0 aliphatic rings. The van der Waals surface area contributed by atoms with Gasteiger partial charge in [-0.3, -0.25) is 9.10 Å². The average Bonchev–Trinajstić information content (AvgIpc) is 2.70. The summed E-state index contributed by atoms with van der Waals surface area (Å²) in [6.45, 7) is 6.06. The lowest BCUT2D eigenvalue weighted by atomic mass is 10.2. The van der Waals surface area contributed by atoms with Gasteiger partial charge in [0.15, 0.2) is 23.1 Å². The van der Waals surface area contributed by atoms with Gasteiger partial charge in [0.2, 0.25) is 15.9 Å². The quantitative estimate of drug-likeness (QED) is 0.593. The van der Waals surface area contributed by atoms with Crippen LogP contribution in [0, 0.1) is 11.6 Å². The number of amides is 1. The van der Waals surface area contributed by atoms with Crippen molar-refractivity contribution in [2.24, 2.45) is 0 Å². The summed E-state index contributed by atoms with van der Waals surface area (Å²) in [5, 5.41) is 2.66. The van der Waals surface area contributed by atoms with Gasteiger partial charge in [0.05, 0.1) is 25.2 Å². The van der Waals surface area contributed by atoms with Gasteiger partial charge in [0, 0.05) is 12.6 Å². The molecule has 0 radical (unpaired) electrons. The summed E-state index contributed by atoms with van der Waals surface area (Å²) in [6.07, 6.45) is 0.888. The summed E-state index contributed by atoms with van der Waals surface area (Å²) in [6, 6.07) is 6.65. The monoisotopic (exact) mass is 456 g/mol. The van der Waals surface area contributed by atoms with Crippen LogP contribution < -0.4 is 19.1 Å². The van der Waals surface area contributed by atoms with Crippen molar-refractivity contribution in [2.75, 3.05) is 23.8 Å². The van der Waals surface area contributed by atoms with E-state index in [0.717, 1.165) is 28.8 Å². The lowest BCUT2D eigenvalue weighted by Crippen LogP contribution is -2.47. The number of hydrogen-bond acceptors (Lipinski definition) is 5. The molecule has 1 amide bonds. The highest BCUT2D eigenvalue weighted by Gasteiger charge is 2.29. The molecule has 2 aromatic rings. The van der Waals surface area contributed by atoms with E-state index in [1.807, 2.05) is 13.8 Å². The summed E-state index contributed by atoms with van der Waals surface area (Å²) in [5.74, 6) is -1.83. The largest absolute Gasteiger partial charge is 0.490 e. The molecule has 1 N–H and O–H groups in total. The van der Waals surface area contributed by atoms with Crippen LogP contribution in [0.15, 0.2) is 36.4 Å². The number of hydrogen-bond donors (Lipinski definition) is 1. The third kappa shape index (κ3) is 6.30. The van der Waals surface area contributed by atoms with Crippen LogP contribution in [0.4, 0.5) is 14.5 Å². The first-order chi connectivity index (χ1) is 14.6. The lowest BCUT2D eigenvalue weighted by molar-refractivity contribution is -0.122. The van der Waals surface area contributed by atoms with Gasteiger partial charge in [0.1, 0.15) is 6.04 Å². The molecule has 0 saturated heterocycles. The van der Waals surface area contributed by atoms with Crippen molar-refractivity contribution in [3.8, 4) is 11.5 Å². The Morgan fingerprint density at radius 3 is 2.26 bits per heavy atom. The van der Waals surface area contributed by atoms with Gasteiger partial charge in [-0.15, -0.1) is 0 Å².